The Labute approximate surface area is 110 Å². The number of rotatable bonds is 2. The van der Waals surface area contributed by atoms with E-state index in [0.717, 1.165) is 6.42 Å². The van der Waals surface area contributed by atoms with Crippen LogP contribution >= 0.6 is 0 Å². The highest BCUT2D eigenvalue weighted by Crippen LogP contribution is 2.37. The van der Waals surface area contributed by atoms with Crippen LogP contribution in [0, 0.1) is 5.92 Å². The molecule has 4 nitrogen and oxygen atoms in total. The second-order valence-corrected chi connectivity index (χ2v) is 5.11. The van der Waals surface area contributed by atoms with Crippen molar-refractivity contribution in [1.29, 1.82) is 0 Å². The molecule has 1 saturated carbocycles. The zero-order valence-corrected chi connectivity index (χ0v) is 10.6. The number of hydrogen-bond acceptors (Lipinski definition) is 3. The van der Waals surface area contributed by atoms with Crippen LogP contribution in [-0.2, 0) is 9.53 Å². The van der Waals surface area contributed by atoms with Crippen molar-refractivity contribution in [2.45, 2.75) is 44.0 Å². The molecule has 1 aliphatic heterocycles. The molecule has 2 rings (SSSR count). The molecule has 0 radical (unpaired) electrons. The Morgan fingerprint density at radius 2 is 2.00 bits per heavy atom. The summed E-state index contributed by atoms with van der Waals surface area (Å²) in [4.78, 5) is 11.9. The standard InChI is InChI=1S/C12H19F3N2O2/c13-12(14,15)8-3-1-2-4-9(8)17-11(18)10-7-16-5-6-19-10/h8-10,16H,1-7H2,(H,17,18). The number of carbonyl (C=O) groups is 1. The smallest absolute Gasteiger partial charge is 0.366 e. The van der Waals surface area contributed by atoms with E-state index in [9.17, 15) is 18.0 Å². The molecule has 2 aliphatic rings. The summed E-state index contributed by atoms with van der Waals surface area (Å²) >= 11 is 0. The lowest BCUT2D eigenvalue weighted by atomic mass is 9.84. The predicted molar refractivity (Wildman–Crippen MR) is 62.6 cm³/mol. The lowest BCUT2D eigenvalue weighted by Gasteiger charge is -2.34. The minimum absolute atomic E-state index is 0.0955. The van der Waals surface area contributed by atoms with Gasteiger partial charge in [0.05, 0.1) is 12.5 Å². The van der Waals surface area contributed by atoms with Crippen LogP contribution in [-0.4, -0.2) is 43.9 Å². The zero-order valence-electron chi connectivity index (χ0n) is 10.6. The summed E-state index contributed by atoms with van der Waals surface area (Å²) < 4.78 is 43.9. The number of halogens is 3. The van der Waals surface area contributed by atoms with Gasteiger partial charge in [-0.2, -0.15) is 13.2 Å². The normalized spacial score (nSPS) is 32.9. The number of alkyl halides is 3. The third-order valence-electron chi connectivity index (χ3n) is 3.73. The average molecular weight is 280 g/mol. The van der Waals surface area contributed by atoms with Gasteiger partial charge >= 0.3 is 6.18 Å². The summed E-state index contributed by atoms with van der Waals surface area (Å²) in [6, 6.07) is -0.813. The van der Waals surface area contributed by atoms with Crippen LogP contribution in [0.3, 0.4) is 0 Å². The van der Waals surface area contributed by atoms with E-state index in [1.165, 1.54) is 0 Å². The SMILES string of the molecule is O=C(NC1CCCCC1C(F)(F)F)C1CNCCO1. The maximum atomic E-state index is 12.9. The van der Waals surface area contributed by atoms with Gasteiger partial charge in [-0.05, 0) is 12.8 Å². The molecule has 110 valence electrons. The van der Waals surface area contributed by atoms with Crippen molar-refractivity contribution in [1.82, 2.24) is 10.6 Å². The van der Waals surface area contributed by atoms with Gasteiger partial charge in [-0.25, -0.2) is 0 Å². The highest BCUT2D eigenvalue weighted by Gasteiger charge is 2.46. The molecule has 0 aromatic rings. The summed E-state index contributed by atoms with van der Waals surface area (Å²) in [5.41, 5.74) is 0. The molecule has 1 aliphatic carbocycles. The summed E-state index contributed by atoms with van der Waals surface area (Å²) in [6.07, 6.45) is -3.15. The Balaban J connectivity index is 1.93. The third kappa shape index (κ3) is 3.82. The minimum Gasteiger partial charge on any atom is -0.366 e. The van der Waals surface area contributed by atoms with Crippen molar-refractivity contribution in [3.63, 3.8) is 0 Å². The topological polar surface area (TPSA) is 50.4 Å². The summed E-state index contributed by atoms with van der Waals surface area (Å²) in [6.45, 7) is 1.43. The first-order valence-electron chi connectivity index (χ1n) is 6.68. The van der Waals surface area contributed by atoms with Gasteiger partial charge in [0, 0.05) is 19.1 Å². The molecule has 7 heteroatoms. The van der Waals surface area contributed by atoms with Crippen LogP contribution in [0.4, 0.5) is 13.2 Å². The van der Waals surface area contributed by atoms with E-state index in [0.29, 0.717) is 32.5 Å². The van der Waals surface area contributed by atoms with Gasteiger partial charge in [0.15, 0.2) is 0 Å². The van der Waals surface area contributed by atoms with Gasteiger partial charge in [-0.15, -0.1) is 0 Å². The van der Waals surface area contributed by atoms with Crippen molar-refractivity contribution in [2.75, 3.05) is 19.7 Å². The number of amides is 1. The molecule has 2 N–H and O–H groups in total. The molecule has 1 saturated heterocycles. The van der Waals surface area contributed by atoms with Crippen LogP contribution in [0.2, 0.25) is 0 Å². The van der Waals surface area contributed by atoms with E-state index >= 15 is 0 Å². The van der Waals surface area contributed by atoms with E-state index in [1.807, 2.05) is 0 Å². The number of hydrogen-bond donors (Lipinski definition) is 2. The lowest BCUT2D eigenvalue weighted by Crippen LogP contribution is -2.54. The summed E-state index contributed by atoms with van der Waals surface area (Å²) in [7, 11) is 0. The molecule has 0 bridgehead atoms. The Kier molecular flexibility index (Phi) is 4.67. The number of ether oxygens (including phenoxy) is 1. The maximum Gasteiger partial charge on any atom is 0.393 e. The van der Waals surface area contributed by atoms with Gasteiger partial charge < -0.3 is 15.4 Å². The van der Waals surface area contributed by atoms with Gasteiger partial charge in [-0.3, -0.25) is 4.79 Å². The molecule has 0 spiro atoms. The van der Waals surface area contributed by atoms with Crippen LogP contribution in [0.1, 0.15) is 25.7 Å². The predicted octanol–water partition coefficient (Wildman–Crippen LogP) is 1.21. The first-order chi connectivity index (χ1) is 8.98. The largest absolute Gasteiger partial charge is 0.393 e. The first-order valence-corrected chi connectivity index (χ1v) is 6.68. The highest BCUT2D eigenvalue weighted by molar-refractivity contribution is 5.81. The van der Waals surface area contributed by atoms with E-state index < -0.39 is 30.1 Å². The van der Waals surface area contributed by atoms with Gasteiger partial charge in [-0.1, -0.05) is 12.8 Å². The van der Waals surface area contributed by atoms with E-state index in [2.05, 4.69) is 10.6 Å². The monoisotopic (exact) mass is 280 g/mol. The van der Waals surface area contributed by atoms with E-state index in [4.69, 9.17) is 4.74 Å². The molecule has 0 aromatic heterocycles. The molecular weight excluding hydrogens is 261 g/mol. The number of morpholine rings is 1. The Hall–Kier alpha value is -0.820. The second-order valence-electron chi connectivity index (χ2n) is 5.11. The van der Waals surface area contributed by atoms with Crippen molar-refractivity contribution in [2.24, 2.45) is 5.92 Å². The Morgan fingerprint density at radius 3 is 2.63 bits per heavy atom. The minimum atomic E-state index is -4.25. The molecule has 3 atom stereocenters. The molecule has 0 aromatic carbocycles. The van der Waals surface area contributed by atoms with Crippen LogP contribution in [0.25, 0.3) is 0 Å². The second kappa shape index (κ2) is 6.09. The van der Waals surface area contributed by atoms with Crippen molar-refractivity contribution < 1.29 is 22.7 Å². The fraction of sp³-hybridized carbons (Fsp3) is 0.917. The average Bonchev–Trinajstić information content (AvgIpc) is 2.39. The molecular formula is C12H19F3N2O2. The third-order valence-corrected chi connectivity index (χ3v) is 3.73. The quantitative estimate of drug-likeness (QED) is 0.799. The van der Waals surface area contributed by atoms with Crippen molar-refractivity contribution in [3.8, 4) is 0 Å². The molecule has 1 amide bonds. The maximum absolute atomic E-state index is 12.9. The lowest BCUT2D eigenvalue weighted by molar-refractivity contribution is -0.189. The van der Waals surface area contributed by atoms with Gasteiger partial charge in [0.1, 0.15) is 6.10 Å². The first kappa shape index (κ1) is 14.6. The summed E-state index contributed by atoms with van der Waals surface area (Å²) in [5, 5.41) is 5.51. The van der Waals surface area contributed by atoms with Crippen LogP contribution in [0.15, 0.2) is 0 Å². The Morgan fingerprint density at radius 1 is 1.26 bits per heavy atom. The highest BCUT2D eigenvalue weighted by atomic mass is 19.4. The Bertz CT molecular complexity index is 317. The van der Waals surface area contributed by atoms with E-state index in [1.54, 1.807) is 0 Å². The van der Waals surface area contributed by atoms with Gasteiger partial charge in [0.25, 0.3) is 5.91 Å². The zero-order chi connectivity index (χ0) is 13.9. The van der Waals surface area contributed by atoms with Crippen molar-refractivity contribution >= 4 is 5.91 Å². The van der Waals surface area contributed by atoms with Crippen molar-refractivity contribution in [3.05, 3.63) is 0 Å². The number of nitrogens with one attached hydrogen (secondary N) is 2. The summed E-state index contributed by atoms with van der Waals surface area (Å²) in [5.74, 6) is -1.87. The molecule has 19 heavy (non-hydrogen) atoms. The number of carbonyl (C=O) groups excluding carboxylic acids is 1. The molecule has 2 fully saturated rings. The van der Waals surface area contributed by atoms with Crippen LogP contribution < -0.4 is 10.6 Å². The fourth-order valence-corrected chi connectivity index (χ4v) is 2.70. The van der Waals surface area contributed by atoms with Crippen LogP contribution in [0.5, 0.6) is 0 Å². The van der Waals surface area contributed by atoms with Gasteiger partial charge in [0.2, 0.25) is 0 Å². The molecule has 1 heterocycles. The van der Waals surface area contributed by atoms with E-state index in [-0.39, 0.29) is 6.42 Å². The molecule has 3 unspecified atom stereocenters. The fourth-order valence-electron chi connectivity index (χ4n) is 2.70.